The Morgan fingerprint density at radius 3 is 2.44 bits per heavy atom. The zero-order valence-electron chi connectivity index (χ0n) is 10.2. The van der Waals surface area contributed by atoms with Gasteiger partial charge in [-0.05, 0) is 59.6 Å². The largest absolute Gasteiger partial charge is 0.284 e. The summed E-state index contributed by atoms with van der Waals surface area (Å²) >= 11 is 9.49. The van der Waals surface area contributed by atoms with Gasteiger partial charge in [0.05, 0.1) is 11.1 Å². The fourth-order valence-electron chi connectivity index (χ4n) is 2.40. The van der Waals surface area contributed by atoms with Gasteiger partial charge in [0.15, 0.2) is 0 Å². The zero-order valence-corrected chi connectivity index (χ0v) is 12.5. The highest BCUT2D eigenvalue weighted by molar-refractivity contribution is 9.10. The summed E-state index contributed by atoms with van der Waals surface area (Å²) in [7, 11) is 0. The summed E-state index contributed by atoms with van der Waals surface area (Å²) < 4.78 is 0.875. The van der Waals surface area contributed by atoms with Gasteiger partial charge in [-0.2, -0.15) is 5.26 Å². The molecule has 1 heterocycles. The molecule has 0 N–H and O–H groups in total. The summed E-state index contributed by atoms with van der Waals surface area (Å²) in [4.78, 5) is 2.27. The summed E-state index contributed by atoms with van der Waals surface area (Å²) in [6, 6.07) is 8.03. The van der Waals surface area contributed by atoms with Crippen LogP contribution in [0.2, 0.25) is 5.02 Å². The van der Waals surface area contributed by atoms with E-state index in [1.54, 1.807) is 0 Å². The number of likely N-dealkylation sites (tertiary alicyclic amines) is 1. The minimum absolute atomic E-state index is 0.173. The molecule has 1 fully saturated rings. The molecule has 1 aromatic carbocycles. The van der Waals surface area contributed by atoms with Gasteiger partial charge >= 0.3 is 0 Å². The van der Waals surface area contributed by atoms with E-state index in [4.69, 9.17) is 11.6 Å². The van der Waals surface area contributed by atoms with Crippen molar-refractivity contribution in [1.29, 1.82) is 5.26 Å². The van der Waals surface area contributed by atoms with E-state index in [1.165, 1.54) is 25.7 Å². The molecule has 0 spiro atoms. The minimum atomic E-state index is -0.173. The van der Waals surface area contributed by atoms with Crippen LogP contribution in [-0.4, -0.2) is 18.0 Å². The SMILES string of the molecule is N#CC(c1ccc(Br)c(Cl)c1)N1CCCCCC1. The normalized spacial score (nSPS) is 18.9. The summed E-state index contributed by atoms with van der Waals surface area (Å²) in [6.07, 6.45) is 4.91. The molecule has 1 aromatic rings. The van der Waals surface area contributed by atoms with Gasteiger partial charge in [0, 0.05) is 4.47 Å². The molecule has 2 nitrogen and oxygen atoms in total. The quantitative estimate of drug-likeness (QED) is 0.797. The number of nitrogens with zero attached hydrogens (tertiary/aromatic N) is 2. The lowest BCUT2D eigenvalue weighted by atomic mass is 10.1. The molecule has 0 radical (unpaired) electrons. The number of rotatable bonds is 2. The Hall–Kier alpha value is -0.560. The molecule has 1 unspecified atom stereocenters. The molecule has 0 aliphatic carbocycles. The highest BCUT2D eigenvalue weighted by atomic mass is 79.9. The van der Waals surface area contributed by atoms with E-state index in [2.05, 4.69) is 26.9 Å². The first-order valence-electron chi connectivity index (χ1n) is 6.31. The number of hydrogen-bond donors (Lipinski definition) is 0. The molecule has 96 valence electrons. The van der Waals surface area contributed by atoms with Crippen LogP contribution in [0.3, 0.4) is 0 Å². The Morgan fingerprint density at radius 1 is 1.22 bits per heavy atom. The monoisotopic (exact) mass is 326 g/mol. The standard InChI is InChI=1S/C14H16BrClN2/c15-12-6-5-11(9-13(12)16)14(10-17)18-7-3-1-2-4-8-18/h5-6,9,14H,1-4,7-8H2. The third kappa shape index (κ3) is 3.26. The molecule has 1 saturated heterocycles. The van der Waals surface area contributed by atoms with Crippen LogP contribution in [0.15, 0.2) is 22.7 Å². The molecule has 0 aromatic heterocycles. The van der Waals surface area contributed by atoms with Crippen LogP contribution < -0.4 is 0 Å². The maximum Gasteiger partial charge on any atom is 0.123 e. The third-order valence-corrected chi connectivity index (χ3v) is 4.62. The second-order valence-electron chi connectivity index (χ2n) is 4.66. The Kier molecular flexibility index (Phi) is 5.05. The summed E-state index contributed by atoms with van der Waals surface area (Å²) in [6.45, 7) is 2.01. The van der Waals surface area contributed by atoms with E-state index in [0.717, 1.165) is 23.1 Å². The second kappa shape index (κ2) is 6.56. The Morgan fingerprint density at radius 2 is 1.89 bits per heavy atom. The van der Waals surface area contributed by atoms with Gasteiger partial charge in [-0.15, -0.1) is 0 Å². The fourth-order valence-corrected chi connectivity index (χ4v) is 2.84. The maximum absolute atomic E-state index is 9.44. The van der Waals surface area contributed by atoms with Gasteiger partial charge in [0.25, 0.3) is 0 Å². The molecule has 0 amide bonds. The molecule has 1 atom stereocenters. The van der Waals surface area contributed by atoms with Crippen molar-refractivity contribution in [3.05, 3.63) is 33.3 Å². The van der Waals surface area contributed by atoms with Gasteiger partial charge in [-0.1, -0.05) is 30.5 Å². The molecule has 1 aliphatic rings. The smallest absolute Gasteiger partial charge is 0.123 e. The number of benzene rings is 1. The van der Waals surface area contributed by atoms with E-state index in [1.807, 2.05) is 18.2 Å². The van der Waals surface area contributed by atoms with E-state index in [9.17, 15) is 5.26 Å². The van der Waals surface area contributed by atoms with Crippen molar-refractivity contribution in [1.82, 2.24) is 4.90 Å². The molecule has 0 saturated carbocycles. The summed E-state index contributed by atoms with van der Waals surface area (Å²) in [5.74, 6) is 0. The van der Waals surface area contributed by atoms with Crippen molar-refractivity contribution >= 4 is 27.5 Å². The topological polar surface area (TPSA) is 27.0 Å². The van der Waals surface area contributed by atoms with Crippen LogP contribution in [0.25, 0.3) is 0 Å². The van der Waals surface area contributed by atoms with Crippen molar-refractivity contribution < 1.29 is 0 Å². The van der Waals surface area contributed by atoms with Crippen LogP contribution in [0, 0.1) is 11.3 Å². The van der Waals surface area contributed by atoms with E-state index in [0.29, 0.717) is 5.02 Å². The second-order valence-corrected chi connectivity index (χ2v) is 5.92. The van der Waals surface area contributed by atoms with Crippen LogP contribution in [0.5, 0.6) is 0 Å². The minimum Gasteiger partial charge on any atom is -0.284 e. The van der Waals surface area contributed by atoms with Crippen LogP contribution >= 0.6 is 27.5 Å². The van der Waals surface area contributed by atoms with Crippen LogP contribution in [0.1, 0.15) is 37.3 Å². The average molecular weight is 328 g/mol. The van der Waals surface area contributed by atoms with Gasteiger partial charge in [0.2, 0.25) is 0 Å². The predicted molar refractivity (Wildman–Crippen MR) is 77.5 cm³/mol. The highest BCUT2D eigenvalue weighted by Crippen LogP contribution is 2.29. The van der Waals surface area contributed by atoms with Crippen molar-refractivity contribution in [3.8, 4) is 6.07 Å². The molecule has 0 bridgehead atoms. The predicted octanol–water partition coefficient (Wildman–Crippen LogP) is 4.54. The molecule has 18 heavy (non-hydrogen) atoms. The molecule has 1 aliphatic heterocycles. The van der Waals surface area contributed by atoms with E-state index in [-0.39, 0.29) is 6.04 Å². The van der Waals surface area contributed by atoms with Crippen molar-refractivity contribution in [2.75, 3.05) is 13.1 Å². The first-order chi connectivity index (χ1) is 8.72. The maximum atomic E-state index is 9.44. The van der Waals surface area contributed by atoms with Crippen molar-refractivity contribution in [3.63, 3.8) is 0 Å². The van der Waals surface area contributed by atoms with E-state index < -0.39 is 0 Å². The number of nitriles is 1. The Labute approximate surface area is 122 Å². The first kappa shape index (κ1) is 13.9. The summed E-state index contributed by atoms with van der Waals surface area (Å²) in [5, 5.41) is 10.1. The molecule has 4 heteroatoms. The lowest BCUT2D eigenvalue weighted by molar-refractivity contribution is 0.246. The van der Waals surface area contributed by atoms with Crippen LogP contribution in [-0.2, 0) is 0 Å². The Balaban J connectivity index is 2.21. The van der Waals surface area contributed by atoms with Gasteiger partial charge in [0.1, 0.15) is 6.04 Å². The first-order valence-corrected chi connectivity index (χ1v) is 7.48. The van der Waals surface area contributed by atoms with Gasteiger partial charge in [-0.3, -0.25) is 4.90 Å². The van der Waals surface area contributed by atoms with Crippen molar-refractivity contribution in [2.24, 2.45) is 0 Å². The van der Waals surface area contributed by atoms with E-state index >= 15 is 0 Å². The summed E-state index contributed by atoms with van der Waals surface area (Å²) in [5.41, 5.74) is 0.993. The number of halogens is 2. The van der Waals surface area contributed by atoms with Gasteiger partial charge in [-0.25, -0.2) is 0 Å². The van der Waals surface area contributed by atoms with Crippen molar-refractivity contribution in [2.45, 2.75) is 31.7 Å². The molecular weight excluding hydrogens is 312 g/mol. The third-order valence-electron chi connectivity index (χ3n) is 3.39. The Bertz CT molecular complexity index is 448. The zero-order chi connectivity index (χ0) is 13.0. The van der Waals surface area contributed by atoms with Crippen LogP contribution in [0.4, 0.5) is 0 Å². The molecular formula is C14H16BrClN2. The lowest BCUT2D eigenvalue weighted by Crippen LogP contribution is -2.28. The fraction of sp³-hybridized carbons (Fsp3) is 0.500. The average Bonchev–Trinajstić information content (AvgIpc) is 2.64. The number of hydrogen-bond acceptors (Lipinski definition) is 2. The molecule has 2 rings (SSSR count). The highest BCUT2D eigenvalue weighted by Gasteiger charge is 2.21. The lowest BCUT2D eigenvalue weighted by Gasteiger charge is -2.25. The van der Waals surface area contributed by atoms with Gasteiger partial charge < -0.3 is 0 Å².